The summed E-state index contributed by atoms with van der Waals surface area (Å²) in [6.45, 7) is 0.994. The Balaban J connectivity index is 1.85. The number of aromatic amines is 1. The van der Waals surface area contributed by atoms with E-state index >= 15 is 0 Å². The van der Waals surface area contributed by atoms with E-state index in [4.69, 9.17) is 0 Å². The Hall–Kier alpha value is -1.85. The van der Waals surface area contributed by atoms with E-state index in [1.807, 2.05) is 7.05 Å². The van der Waals surface area contributed by atoms with Crippen molar-refractivity contribution in [3.8, 4) is 0 Å². The van der Waals surface area contributed by atoms with E-state index in [0.29, 0.717) is 23.0 Å². The predicted molar refractivity (Wildman–Crippen MR) is 67.6 cm³/mol. The van der Waals surface area contributed by atoms with Gasteiger partial charge in [0.2, 0.25) is 5.95 Å². The van der Waals surface area contributed by atoms with Crippen LogP contribution in [-0.4, -0.2) is 32.3 Å². The molecule has 94 valence electrons. The molecule has 0 spiro atoms. The topological polar surface area (TPSA) is 66.8 Å². The van der Waals surface area contributed by atoms with Crippen LogP contribution in [0.4, 0.5) is 5.95 Å². The number of H-pyrrole nitrogens is 1. The fourth-order valence-electron chi connectivity index (χ4n) is 3.03. The summed E-state index contributed by atoms with van der Waals surface area (Å²) in [6.07, 6.45) is 5.32. The van der Waals surface area contributed by atoms with Crippen LogP contribution in [0.2, 0.25) is 0 Å². The molecular weight excluding hydrogens is 230 g/mol. The number of piperidine rings is 1. The third-order valence-corrected chi connectivity index (χ3v) is 4.12. The molecule has 0 aromatic carbocycles. The van der Waals surface area contributed by atoms with E-state index in [1.165, 1.54) is 19.3 Å². The highest BCUT2D eigenvalue weighted by Crippen LogP contribution is 2.44. The van der Waals surface area contributed by atoms with E-state index < -0.39 is 0 Å². The van der Waals surface area contributed by atoms with Gasteiger partial charge in [-0.1, -0.05) is 0 Å². The molecule has 1 aliphatic heterocycles. The van der Waals surface area contributed by atoms with Crippen LogP contribution >= 0.6 is 0 Å². The van der Waals surface area contributed by atoms with Crippen LogP contribution in [-0.2, 0) is 7.05 Å². The number of fused-ring (bicyclic) bond motifs is 2. The maximum absolute atomic E-state index is 12.0. The fraction of sp³-hybridized carbons (Fsp3) is 0.583. The first-order chi connectivity index (χ1) is 8.74. The number of anilines is 1. The van der Waals surface area contributed by atoms with E-state index in [2.05, 4.69) is 20.0 Å². The summed E-state index contributed by atoms with van der Waals surface area (Å²) in [5.41, 5.74) is 0.572. The minimum Gasteiger partial charge on any atom is -0.339 e. The van der Waals surface area contributed by atoms with Crippen LogP contribution in [0.3, 0.4) is 0 Å². The third kappa shape index (κ3) is 1.31. The van der Waals surface area contributed by atoms with Gasteiger partial charge in [-0.05, 0) is 25.2 Å². The maximum atomic E-state index is 12.0. The van der Waals surface area contributed by atoms with Crippen LogP contribution in [0.25, 0.3) is 11.0 Å². The van der Waals surface area contributed by atoms with Crippen LogP contribution in [0.5, 0.6) is 0 Å². The van der Waals surface area contributed by atoms with Crippen LogP contribution in [0.1, 0.15) is 19.3 Å². The summed E-state index contributed by atoms with van der Waals surface area (Å²) in [5.74, 6) is 1.52. The van der Waals surface area contributed by atoms with E-state index in [-0.39, 0.29) is 5.56 Å². The molecule has 0 unspecified atom stereocenters. The Bertz CT molecular complexity index is 673. The van der Waals surface area contributed by atoms with Crippen molar-refractivity contribution in [1.29, 1.82) is 0 Å². The van der Waals surface area contributed by atoms with Crippen molar-refractivity contribution in [1.82, 2.24) is 19.7 Å². The molecule has 6 nitrogen and oxygen atoms in total. The van der Waals surface area contributed by atoms with Gasteiger partial charge in [0.25, 0.3) is 5.56 Å². The molecule has 6 heteroatoms. The van der Waals surface area contributed by atoms with E-state index in [1.54, 1.807) is 10.9 Å². The van der Waals surface area contributed by atoms with Gasteiger partial charge in [-0.25, -0.2) is 0 Å². The predicted octanol–water partition coefficient (Wildman–Crippen LogP) is 0.645. The van der Waals surface area contributed by atoms with Crippen molar-refractivity contribution in [3.63, 3.8) is 0 Å². The first-order valence-electron chi connectivity index (χ1n) is 6.43. The third-order valence-electron chi connectivity index (χ3n) is 4.12. The van der Waals surface area contributed by atoms with Gasteiger partial charge in [0.1, 0.15) is 5.39 Å². The highest BCUT2D eigenvalue weighted by Gasteiger charge is 2.45. The summed E-state index contributed by atoms with van der Waals surface area (Å²) >= 11 is 0. The van der Waals surface area contributed by atoms with Gasteiger partial charge in [-0.15, -0.1) is 0 Å². The molecule has 2 aromatic heterocycles. The summed E-state index contributed by atoms with van der Waals surface area (Å²) in [7, 11) is 1.81. The van der Waals surface area contributed by atoms with Gasteiger partial charge in [0.05, 0.1) is 6.20 Å². The second-order valence-corrected chi connectivity index (χ2v) is 5.29. The standard InChI is InChI=1S/C12H15N5O/c1-16-10-8(6-13-16)11(18)15-12(14-10)17-4-2-3-7-5-9(7)17/h6-7,9H,2-5H2,1H3,(H,14,15,18)/t7-,9-/m1/s1. The highest BCUT2D eigenvalue weighted by molar-refractivity contribution is 5.74. The van der Waals surface area contributed by atoms with Crippen LogP contribution in [0, 0.1) is 5.92 Å². The maximum Gasteiger partial charge on any atom is 0.263 e. The molecule has 0 bridgehead atoms. The van der Waals surface area contributed by atoms with Crippen molar-refractivity contribution < 1.29 is 0 Å². The van der Waals surface area contributed by atoms with E-state index in [0.717, 1.165) is 12.5 Å². The quantitative estimate of drug-likeness (QED) is 0.801. The molecule has 0 amide bonds. The average Bonchev–Trinajstić information content (AvgIpc) is 3.07. The molecule has 2 aliphatic rings. The minimum atomic E-state index is -0.0918. The zero-order valence-corrected chi connectivity index (χ0v) is 10.3. The molecular formula is C12H15N5O. The number of aryl methyl sites for hydroxylation is 1. The molecule has 1 saturated heterocycles. The number of aromatic nitrogens is 4. The molecule has 3 heterocycles. The lowest BCUT2D eigenvalue weighted by Gasteiger charge is -2.26. The fourth-order valence-corrected chi connectivity index (χ4v) is 3.03. The second kappa shape index (κ2) is 3.34. The minimum absolute atomic E-state index is 0.0918. The first-order valence-corrected chi connectivity index (χ1v) is 6.43. The van der Waals surface area contributed by atoms with Crippen LogP contribution in [0.15, 0.2) is 11.0 Å². The van der Waals surface area contributed by atoms with Gasteiger partial charge in [0, 0.05) is 19.6 Å². The van der Waals surface area contributed by atoms with Gasteiger partial charge >= 0.3 is 0 Å². The molecule has 4 rings (SSSR count). The Labute approximate surface area is 104 Å². The Morgan fingerprint density at radius 1 is 1.50 bits per heavy atom. The lowest BCUT2D eigenvalue weighted by molar-refractivity contribution is 0.550. The van der Waals surface area contributed by atoms with Gasteiger partial charge < -0.3 is 4.90 Å². The number of hydrogen-bond donors (Lipinski definition) is 1. The van der Waals surface area contributed by atoms with Gasteiger partial charge in [-0.2, -0.15) is 10.1 Å². The zero-order valence-electron chi connectivity index (χ0n) is 10.3. The number of nitrogens with one attached hydrogen (secondary N) is 1. The highest BCUT2D eigenvalue weighted by atomic mass is 16.1. The number of rotatable bonds is 1. The summed E-state index contributed by atoms with van der Waals surface area (Å²) in [4.78, 5) is 21.7. The van der Waals surface area contributed by atoms with Crippen molar-refractivity contribution in [2.75, 3.05) is 11.4 Å². The molecule has 1 saturated carbocycles. The SMILES string of the molecule is Cn1ncc2c(=O)[nH]c(N3CCC[C@@H]4C[C@H]43)nc21. The van der Waals surface area contributed by atoms with Crippen LogP contribution < -0.4 is 10.5 Å². The normalized spacial score (nSPS) is 26.4. The van der Waals surface area contributed by atoms with Crippen molar-refractivity contribution in [2.45, 2.75) is 25.3 Å². The molecule has 18 heavy (non-hydrogen) atoms. The molecule has 2 aromatic rings. The van der Waals surface area contributed by atoms with Gasteiger partial charge in [0.15, 0.2) is 5.65 Å². The lowest BCUT2D eigenvalue weighted by atomic mass is 10.1. The number of nitrogens with zero attached hydrogens (tertiary/aromatic N) is 4. The van der Waals surface area contributed by atoms with Crippen molar-refractivity contribution >= 4 is 17.0 Å². The molecule has 2 atom stereocenters. The smallest absolute Gasteiger partial charge is 0.263 e. The molecule has 1 N–H and O–H groups in total. The summed E-state index contributed by atoms with van der Waals surface area (Å²) in [6, 6.07) is 0.590. The first kappa shape index (κ1) is 10.1. The Morgan fingerprint density at radius 2 is 2.39 bits per heavy atom. The average molecular weight is 245 g/mol. The van der Waals surface area contributed by atoms with Crippen molar-refractivity contribution in [3.05, 3.63) is 16.6 Å². The summed E-state index contributed by atoms with van der Waals surface area (Å²) in [5, 5.41) is 4.65. The lowest BCUT2D eigenvalue weighted by Crippen LogP contribution is -2.34. The molecule has 0 radical (unpaired) electrons. The molecule has 1 aliphatic carbocycles. The number of hydrogen-bond acceptors (Lipinski definition) is 4. The molecule has 2 fully saturated rings. The summed E-state index contributed by atoms with van der Waals surface area (Å²) < 4.78 is 1.66. The largest absolute Gasteiger partial charge is 0.339 e. The Kier molecular flexibility index (Phi) is 1.87. The van der Waals surface area contributed by atoms with Crippen molar-refractivity contribution in [2.24, 2.45) is 13.0 Å². The monoisotopic (exact) mass is 245 g/mol. The Morgan fingerprint density at radius 3 is 3.28 bits per heavy atom. The zero-order chi connectivity index (χ0) is 12.3. The second-order valence-electron chi connectivity index (χ2n) is 5.29. The van der Waals surface area contributed by atoms with E-state index in [9.17, 15) is 4.79 Å². The van der Waals surface area contributed by atoms with Gasteiger partial charge in [-0.3, -0.25) is 14.5 Å².